The predicted octanol–water partition coefficient (Wildman–Crippen LogP) is 14.5. The third kappa shape index (κ3) is 4.94. The van der Waals surface area contributed by atoms with Crippen LogP contribution in [0.4, 0.5) is 0 Å². The molecule has 13 aromatic rings. The van der Waals surface area contributed by atoms with Gasteiger partial charge in [0.2, 0.25) is 0 Å². The molecule has 0 spiro atoms. The minimum Gasteiger partial charge on any atom is -0.456 e. The molecule has 9 aromatic carbocycles. The molecule has 0 aliphatic carbocycles. The second-order valence-electron chi connectivity index (χ2n) is 15.2. The van der Waals surface area contributed by atoms with E-state index in [0.717, 1.165) is 66.1 Å². The zero-order valence-corrected chi connectivity index (χ0v) is 32.2. The number of thiophene rings is 1. The van der Waals surface area contributed by atoms with Gasteiger partial charge in [0.25, 0.3) is 0 Å². The van der Waals surface area contributed by atoms with Crippen LogP contribution in [-0.4, -0.2) is 19.5 Å². The van der Waals surface area contributed by atoms with Crippen LogP contribution in [0.1, 0.15) is 0 Å². The molecular formula is C53H30N4OS. The van der Waals surface area contributed by atoms with Gasteiger partial charge in [-0.3, -0.25) is 0 Å². The van der Waals surface area contributed by atoms with Gasteiger partial charge in [-0.2, -0.15) is 0 Å². The Morgan fingerprint density at radius 1 is 0.390 bits per heavy atom. The van der Waals surface area contributed by atoms with Gasteiger partial charge in [0.15, 0.2) is 17.5 Å². The number of fused-ring (bicyclic) bond motifs is 11. The highest BCUT2D eigenvalue weighted by Gasteiger charge is 2.25. The van der Waals surface area contributed by atoms with E-state index in [0.29, 0.717) is 17.5 Å². The van der Waals surface area contributed by atoms with Crippen LogP contribution in [0, 0.1) is 0 Å². The van der Waals surface area contributed by atoms with Crippen molar-refractivity contribution in [2.45, 2.75) is 0 Å². The molecule has 0 saturated heterocycles. The van der Waals surface area contributed by atoms with Crippen molar-refractivity contribution in [1.29, 1.82) is 0 Å². The molecule has 0 N–H and O–H groups in total. The first-order valence-electron chi connectivity index (χ1n) is 19.8. The van der Waals surface area contributed by atoms with Gasteiger partial charge in [-0.25, -0.2) is 15.0 Å². The SMILES string of the molecule is c1ccc(-c2nc(-c3ccc4sc5ccccc5c4c3)nc(-c3c(-n4c5ccccc5c5cc6ccccc6cc54)ccc4oc5cc6ccccc6cc5c34)n2)cc1. The van der Waals surface area contributed by atoms with Crippen LogP contribution >= 0.6 is 11.3 Å². The first kappa shape index (κ1) is 32.4. The molecule has 0 unspecified atom stereocenters. The molecule has 5 nitrogen and oxygen atoms in total. The van der Waals surface area contributed by atoms with Crippen molar-refractivity contribution < 1.29 is 4.42 Å². The standard InChI is InChI=1S/C53H30N4OS/c1-2-12-31(13-3-1)51-54-52(36-22-25-48-40(28-36)38-19-9-11-21-47(38)59-48)56-53(55-51)50-43(23-24-45-49(50)41-27-33-15-5-7-17-35(33)30-46(41)58-45)57-42-20-10-8-18-37(42)39-26-32-14-4-6-16-34(32)29-44(39)57/h1-30H. The molecule has 0 radical (unpaired) electrons. The molecule has 0 amide bonds. The monoisotopic (exact) mass is 770 g/mol. The molecule has 59 heavy (non-hydrogen) atoms. The average molecular weight is 771 g/mol. The van der Waals surface area contributed by atoms with Crippen LogP contribution in [0.25, 0.3) is 125 Å². The molecule has 6 heteroatoms. The third-order valence-corrected chi connectivity index (χ3v) is 12.9. The van der Waals surface area contributed by atoms with Crippen molar-refractivity contribution in [3.8, 4) is 39.9 Å². The van der Waals surface area contributed by atoms with Gasteiger partial charge >= 0.3 is 0 Å². The van der Waals surface area contributed by atoms with E-state index in [1.165, 1.54) is 41.7 Å². The smallest absolute Gasteiger partial charge is 0.166 e. The lowest BCUT2D eigenvalue weighted by atomic mass is 10.0. The summed E-state index contributed by atoms with van der Waals surface area (Å²) < 4.78 is 11.6. The van der Waals surface area contributed by atoms with Crippen LogP contribution in [0.5, 0.6) is 0 Å². The average Bonchev–Trinajstić information content (AvgIpc) is 3.96. The maximum Gasteiger partial charge on any atom is 0.166 e. The number of nitrogens with zero attached hydrogens (tertiary/aromatic N) is 4. The molecule has 0 atom stereocenters. The van der Waals surface area contributed by atoms with Crippen LogP contribution in [0.15, 0.2) is 186 Å². The molecule has 13 rings (SSSR count). The van der Waals surface area contributed by atoms with Gasteiger partial charge in [-0.05, 0) is 88.3 Å². The van der Waals surface area contributed by atoms with E-state index in [1.54, 1.807) is 11.3 Å². The zero-order valence-electron chi connectivity index (χ0n) is 31.4. The van der Waals surface area contributed by atoms with E-state index < -0.39 is 0 Å². The number of rotatable bonds is 4. The van der Waals surface area contributed by atoms with E-state index >= 15 is 0 Å². The van der Waals surface area contributed by atoms with E-state index in [-0.39, 0.29) is 0 Å². The topological polar surface area (TPSA) is 56.7 Å². The maximum atomic E-state index is 6.76. The van der Waals surface area contributed by atoms with E-state index in [2.05, 4.69) is 168 Å². The summed E-state index contributed by atoms with van der Waals surface area (Å²) in [6.07, 6.45) is 0. The van der Waals surface area contributed by atoms with Crippen molar-refractivity contribution in [2.75, 3.05) is 0 Å². The second kappa shape index (κ2) is 12.4. The second-order valence-corrected chi connectivity index (χ2v) is 16.3. The maximum absolute atomic E-state index is 6.76. The van der Waals surface area contributed by atoms with Gasteiger partial charge < -0.3 is 8.98 Å². The van der Waals surface area contributed by atoms with Crippen molar-refractivity contribution in [2.24, 2.45) is 0 Å². The lowest BCUT2D eigenvalue weighted by Gasteiger charge is -2.16. The minimum atomic E-state index is 0.576. The fourth-order valence-corrected chi connectivity index (χ4v) is 10.2. The highest BCUT2D eigenvalue weighted by Crippen LogP contribution is 2.45. The Balaban J connectivity index is 1.18. The van der Waals surface area contributed by atoms with Crippen molar-refractivity contribution in [1.82, 2.24) is 19.5 Å². The first-order valence-corrected chi connectivity index (χ1v) is 20.6. The van der Waals surface area contributed by atoms with E-state index in [4.69, 9.17) is 19.4 Å². The van der Waals surface area contributed by atoms with Crippen LogP contribution in [0.3, 0.4) is 0 Å². The molecule has 0 aliphatic rings. The highest BCUT2D eigenvalue weighted by atomic mass is 32.1. The first-order chi connectivity index (χ1) is 29.2. The number of furan rings is 1. The number of benzene rings is 9. The Morgan fingerprint density at radius 3 is 1.83 bits per heavy atom. The Kier molecular flexibility index (Phi) is 6.82. The number of para-hydroxylation sites is 1. The van der Waals surface area contributed by atoms with Crippen molar-refractivity contribution in [3.05, 3.63) is 182 Å². The Morgan fingerprint density at radius 2 is 1.02 bits per heavy atom. The molecule has 0 saturated carbocycles. The largest absolute Gasteiger partial charge is 0.456 e. The lowest BCUT2D eigenvalue weighted by molar-refractivity contribution is 0.669. The lowest BCUT2D eigenvalue weighted by Crippen LogP contribution is -2.04. The quantitative estimate of drug-likeness (QED) is 0.179. The van der Waals surface area contributed by atoms with Crippen LogP contribution < -0.4 is 0 Å². The summed E-state index contributed by atoms with van der Waals surface area (Å²) >= 11 is 1.81. The van der Waals surface area contributed by atoms with Crippen molar-refractivity contribution in [3.63, 3.8) is 0 Å². The molecular weight excluding hydrogens is 741 g/mol. The molecule has 274 valence electrons. The molecule has 4 aromatic heterocycles. The summed E-state index contributed by atoms with van der Waals surface area (Å²) in [5.74, 6) is 1.79. The van der Waals surface area contributed by atoms with E-state index in [9.17, 15) is 0 Å². The zero-order chi connectivity index (χ0) is 38.6. The van der Waals surface area contributed by atoms with Gasteiger partial charge in [0.1, 0.15) is 11.2 Å². The van der Waals surface area contributed by atoms with Crippen LogP contribution in [-0.2, 0) is 0 Å². The fourth-order valence-electron chi connectivity index (χ4n) is 9.07. The summed E-state index contributed by atoms with van der Waals surface area (Å²) in [7, 11) is 0. The van der Waals surface area contributed by atoms with Crippen molar-refractivity contribution >= 4 is 96.8 Å². The summed E-state index contributed by atoms with van der Waals surface area (Å²) in [5, 5.41) is 11.4. The molecule has 4 heterocycles. The molecule has 0 aliphatic heterocycles. The number of hydrogen-bond acceptors (Lipinski definition) is 5. The van der Waals surface area contributed by atoms with E-state index in [1.807, 2.05) is 18.2 Å². The Hall–Kier alpha value is -7.67. The molecule has 0 fully saturated rings. The minimum absolute atomic E-state index is 0.576. The summed E-state index contributed by atoms with van der Waals surface area (Å²) in [6.45, 7) is 0. The number of hydrogen-bond donors (Lipinski definition) is 0. The summed E-state index contributed by atoms with van der Waals surface area (Å²) in [5.41, 5.74) is 7.49. The Labute approximate surface area is 341 Å². The van der Waals surface area contributed by atoms with Gasteiger partial charge in [-0.15, -0.1) is 11.3 Å². The fraction of sp³-hybridized carbons (Fsp3) is 0. The molecule has 0 bridgehead atoms. The van der Waals surface area contributed by atoms with Crippen LogP contribution in [0.2, 0.25) is 0 Å². The highest BCUT2D eigenvalue weighted by molar-refractivity contribution is 7.25. The van der Waals surface area contributed by atoms with Gasteiger partial charge in [0, 0.05) is 52.8 Å². The van der Waals surface area contributed by atoms with Gasteiger partial charge in [0.05, 0.1) is 22.3 Å². The summed E-state index contributed by atoms with van der Waals surface area (Å²) in [6, 6.07) is 64.4. The summed E-state index contributed by atoms with van der Waals surface area (Å²) in [4.78, 5) is 16.1. The third-order valence-electron chi connectivity index (χ3n) is 11.8. The number of aromatic nitrogens is 4. The van der Waals surface area contributed by atoms with Gasteiger partial charge in [-0.1, -0.05) is 115 Å². The predicted molar refractivity (Wildman–Crippen MR) is 246 cm³/mol. The Bertz CT molecular complexity index is 3860. The normalized spacial score (nSPS) is 12.1.